The molecule has 0 bridgehead atoms. The maximum atomic E-state index is 11.6. The number of carbonyl (C=O) groups is 4. The van der Waals surface area contributed by atoms with Crippen LogP contribution in [0.25, 0.3) is 0 Å². The van der Waals surface area contributed by atoms with Crippen LogP contribution in [-0.4, -0.2) is 58.5 Å². The van der Waals surface area contributed by atoms with Gasteiger partial charge in [-0.15, -0.1) is 0 Å². The van der Waals surface area contributed by atoms with Crippen molar-refractivity contribution >= 4 is 23.8 Å². The molecule has 0 aromatic heterocycles. The van der Waals surface area contributed by atoms with E-state index in [1.807, 2.05) is 0 Å². The van der Waals surface area contributed by atoms with Crippen molar-refractivity contribution in [1.29, 1.82) is 0 Å². The summed E-state index contributed by atoms with van der Waals surface area (Å²) < 4.78 is 5.03. The molecule has 1 rings (SSSR count). The number of likely N-dealkylation sites (tertiary alicyclic amines) is 1. The first-order chi connectivity index (χ1) is 10.6. The predicted octanol–water partition coefficient (Wildman–Crippen LogP) is 0.936. The Kier molecular flexibility index (Phi) is 6.53. The highest BCUT2D eigenvalue weighted by Gasteiger charge is 2.27. The average molecular weight is 328 g/mol. The number of nitrogens with one attached hydrogen (secondary N) is 1. The number of unbranched alkanes of at least 4 members (excludes halogenated alkanes) is 1. The van der Waals surface area contributed by atoms with E-state index in [0.717, 1.165) is 0 Å². The fourth-order valence-electron chi connectivity index (χ4n) is 2.20. The van der Waals surface area contributed by atoms with Crippen molar-refractivity contribution in [2.75, 3.05) is 13.1 Å². The lowest BCUT2D eigenvalue weighted by Gasteiger charge is -2.22. The maximum Gasteiger partial charge on any atom is 0.408 e. The maximum absolute atomic E-state index is 11.6. The number of carboxylic acids is 1. The molecule has 2 N–H and O–H groups in total. The molecule has 8 nitrogen and oxygen atoms in total. The zero-order valence-electron chi connectivity index (χ0n) is 13.8. The number of aliphatic carboxylic acids is 1. The van der Waals surface area contributed by atoms with Crippen LogP contribution >= 0.6 is 0 Å². The van der Waals surface area contributed by atoms with Crippen LogP contribution in [0, 0.1) is 0 Å². The first-order valence-corrected chi connectivity index (χ1v) is 7.60. The monoisotopic (exact) mass is 328 g/mol. The molecule has 1 atom stereocenters. The van der Waals surface area contributed by atoms with Gasteiger partial charge in [0.05, 0.1) is 13.0 Å². The molecule has 23 heavy (non-hydrogen) atoms. The summed E-state index contributed by atoms with van der Waals surface area (Å²) in [5, 5.41) is 11.5. The van der Waals surface area contributed by atoms with E-state index in [1.165, 1.54) is 4.90 Å². The van der Waals surface area contributed by atoms with Crippen molar-refractivity contribution in [3.63, 3.8) is 0 Å². The molecule has 1 fully saturated rings. The molecule has 130 valence electrons. The van der Waals surface area contributed by atoms with Gasteiger partial charge in [0.25, 0.3) is 0 Å². The average Bonchev–Trinajstić information content (AvgIpc) is 2.69. The smallest absolute Gasteiger partial charge is 0.408 e. The summed E-state index contributed by atoms with van der Waals surface area (Å²) in [4.78, 5) is 46.8. The number of ketones is 1. The van der Waals surface area contributed by atoms with Gasteiger partial charge in [0.15, 0.2) is 5.78 Å². The van der Waals surface area contributed by atoms with E-state index >= 15 is 0 Å². The molecule has 1 aliphatic heterocycles. The van der Waals surface area contributed by atoms with E-state index in [2.05, 4.69) is 5.32 Å². The minimum absolute atomic E-state index is 0.0437. The number of hydrogen-bond acceptors (Lipinski definition) is 5. The van der Waals surface area contributed by atoms with Crippen LogP contribution in [0.1, 0.15) is 46.5 Å². The summed E-state index contributed by atoms with van der Waals surface area (Å²) in [6, 6.07) is -1.04. The van der Waals surface area contributed by atoms with Crippen LogP contribution in [0.3, 0.4) is 0 Å². The number of carbonyl (C=O) groups excluding carboxylic acids is 3. The number of nitrogens with zero attached hydrogens (tertiary/aromatic N) is 1. The van der Waals surface area contributed by atoms with Crippen molar-refractivity contribution in [2.24, 2.45) is 0 Å². The SMILES string of the molecule is CC(C)(C)OC(=O)N[C@@H](CCCCN1CC(=O)CC1=O)C(=O)O. The van der Waals surface area contributed by atoms with Crippen molar-refractivity contribution in [3.05, 3.63) is 0 Å². The van der Waals surface area contributed by atoms with Gasteiger partial charge in [-0.1, -0.05) is 0 Å². The quantitative estimate of drug-likeness (QED) is 0.531. The third kappa shape index (κ3) is 7.12. The normalized spacial score (nSPS) is 16.4. The van der Waals surface area contributed by atoms with E-state index in [1.54, 1.807) is 20.8 Å². The summed E-state index contributed by atoms with van der Waals surface area (Å²) >= 11 is 0. The lowest BCUT2D eigenvalue weighted by atomic mass is 10.1. The highest BCUT2D eigenvalue weighted by molar-refractivity contribution is 6.05. The second kappa shape index (κ2) is 7.94. The topological polar surface area (TPSA) is 113 Å². The Hall–Kier alpha value is -2.12. The van der Waals surface area contributed by atoms with E-state index < -0.39 is 23.7 Å². The zero-order chi connectivity index (χ0) is 17.6. The summed E-state index contributed by atoms with van der Waals surface area (Å²) in [6.45, 7) is 5.63. The van der Waals surface area contributed by atoms with Gasteiger partial charge >= 0.3 is 12.1 Å². The second-order valence-electron chi connectivity index (χ2n) is 6.56. The molecule has 1 aliphatic rings. The van der Waals surface area contributed by atoms with Gasteiger partial charge in [-0.05, 0) is 40.0 Å². The van der Waals surface area contributed by atoms with Gasteiger partial charge in [-0.2, -0.15) is 0 Å². The third-order valence-electron chi connectivity index (χ3n) is 3.23. The Morgan fingerprint density at radius 1 is 1.30 bits per heavy atom. The Labute approximate surface area is 135 Å². The van der Waals surface area contributed by atoms with Crippen molar-refractivity contribution in [1.82, 2.24) is 10.2 Å². The molecular formula is C15H24N2O6. The highest BCUT2D eigenvalue weighted by atomic mass is 16.6. The molecule has 0 spiro atoms. The van der Waals surface area contributed by atoms with Crippen LogP contribution in [-0.2, 0) is 19.1 Å². The van der Waals surface area contributed by atoms with Crippen LogP contribution in [0.2, 0.25) is 0 Å². The Morgan fingerprint density at radius 3 is 2.43 bits per heavy atom. The van der Waals surface area contributed by atoms with E-state index in [0.29, 0.717) is 19.4 Å². The van der Waals surface area contributed by atoms with E-state index in [9.17, 15) is 19.2 Å². The minimum Gasteiger partial charge on any atom is -0.480 e. The fraction of sp³-hybridized carbons (Fsp3) is 0.733. The Balaban J connectivity index is 2.33. The van der Waals surface area contributed by atoms with Gasteiger partial charge in [-0.3, -0.25) is 9.59 Å². The number of carboxylic acid groups (broad SMARTS) is 1. The zero-order valence-corrected chi connectivity index (χ0v) is 13.8. The second-order valence-corrected chi connectivity index (χ2v) is 6.56. The fourth-order valence-corrected chi connectivity index (χ4v) is 2.20. The molecule has 0 unspecified atom stereocenters. The van der Waals surface area contributed by atoms with Gasteiger partial charge in [0, 0.05) is 6.54 Å². The molecule has 0 saturated carbocycles. The summed E-state index contributed by atoms with van der Waals surface area (Å²) in [5.74, 6) is -1.41. The van der Waals surface area contributed by atoms with Crippen LogP contribution in [0.5, 0.6) is 0 Å². The largest absolute Gasteiger partial charge is 0.480 e. The predicted molar refractivity (Wildman–Crippen MR) is 80.8 cm³/mol. The van der Waals surface area contributed by atoms with Crippen LogP contribution in [0.4, 0.5) is 4.79 Å². The first kappa shape index (κ1) is 18.9. The van der Waals surface area contributed by atoms with Gasteiger partial charge in [-0.25, -0.2) is 9.59 Å². The van der Waals surface area contributed by atoms with Crippen molar-refractivity contribution < 1.29 is 29.0 Å². The summed E-state index contributed by atoms with van der Waals surface area (Å²) in [7, 11) is 0. The highest BCUT2D eigenvalue weighted by Crippen LogP contribution is 2.11. The summed E-state index contributed by atoms with van der Waals surface area (Å²) in [5.41, 5.74) is -0.699. The van der Waals surface area contributed by atoms with Crippen molar-refractivity contribution in [2.45, 2.75) is 58.1 Å². The molecule has 1 saturated heterocycles. The molecular weight excluding hydrogens is 304 g/mol. The van der Waals surface area contributed by atoms with Gasteiger partial charge in [0.2, 0.25) is 5.91 Å². The number of ether oxygens (including phenoxy) is 1. The number of hydrogen-bond donors (Lipinski definition) is 2. The Morgan fingerprint density at radius 2 is 1.96 bits per heavy atom. The van der Waals surface area contributed by atoms with Crippen LogP contribution in [0.15, 0.2) is 0 Å². The van der Waals surface area contributed by atoms with Crippen molar-refractivity contribution in [3.8, 4) is 0 Å². The lowest BCUT2D eigenvalue weighted by molar-refractivity contribution is -0.139. The molecule has 0 aromatic carbocycles. The first-order valence-electron chi connectivity index (χ1n) is 7.60. The number of Topliss-reactive ketones (excluding diaryl/α,β-unsaturated/α-hetero) is 1. The number of alkyl carbamates (subject to hydrolysis) is 1. The minimum atomic E-state index is -1.14. The molecule has 8 heteroatoms. The summed E-state index contributed by atoms with van der Waals surface area (Å²) in [6.07, 6.45) is 0.483. The van der Waals surface area contributed by atoms with Crippen LogP contribution < -0.4 is 5.32 Å². The van der Waals surface area contributed by atoms with E-state index in [4.69, 9.17) is 9.84 Å². The van der Waals surface area contributed by atoms with Gasteiger partial charge in [0.1, 0.15) is 11.6 Å². The number of amides is 2. The third-order valence-corrected chi connectivity index (χ3v) is 3.23. The number of rotatable bonds is 7. The standard InChI is InChI=1S/C15H24N2O6/c1-15(2,3)23-14(22)16-11(13(20)21)6-4-5-7-17-9-10(18)8-12(17)19/h11H,4-9H2,1-3H3,(H,16,22)(H,20,21)/t11-/m0/s1. The molecule has 0 radical (unpaired) electrons. The molecule has 0 aromatic rings. The lowest BCUT2D eigenvalue weighted by Crippen LogP contribution is -2.43. The molecule has 1 heterocycles. The van der Waals surface area contributed by atoms with E-state index in [-0.39, 0.29) is 31.1 Å². The Bertz CT molecular complexity index is 483. The molecule has 0 aliphatic carbocycles. The van der Waals surface area contributed by atoms with Gasteiger partial charge < -0.3 is 20.1 Å². The molecule has 2 amide bonds.